The molecule has 1 aromatic rings. The van der Waals surface area contributed by atoms with Crippen molar-refractivity contribution in [1.29, 1.82) is 0 Å². The van der Waals surface area contributed by atoms with Gasteiger partial charge in [-0.25, -0.2) is 0 Å². The molecule has 0 spiro atoms. The van der Waals surface area contributed by atoms with Crippen molar-refractivity contribution in [2.24, 2.45) is 0 Å². The van der Waals surface area contributed by atoms with E-state index in [9.17, 15) is 5.11 Å². The largest absolute Gasteiger partial charge is 0.339 e. The van der Waals surface area contributed by atoms with E-state index < -0.39 is 5.97 Å². The summed E-state index contributed by atoms with van der Waals surface area (Å²) in [6.07, 6.45) is 0. The average Bonchev–Trinajstić information content (AvgIpc) is 2.28. The Morgan fingerprint density at radius 2 is 1.53 bits per heavy atom. The van der Waals surface area contributed by atoms with Crippen LogP contribution in [0.2, 0.25) is 0 Å². The number of hydrogen-bond acceptors (Lipinski definition) is 3. The lowest BCUT2D eigenvalue weighted by molar-refractivity contribution is -0.352. The fourth-order valence-electron chi connectivity index (χ4n) is 1.40. The van der Waals surface area contributed by atoms with Gasteiger partial charge >= 0.3 is 5.97 Å². The van der Waals surface area contributed by atoms with E-state index in [0.717, 1.165) is 0 Å². The second-order valence-corrected chi connectivity index (χ2v) is 3.77. The zero-order valence-corrected chi connectivity index (χ0v) is 9.65. The molecule has 0 saturated carbocycles. The molecule has 0 bridgehead atoms. The number of methoxy groups -OCH3 is 2. The van der Waals surface area contributed by atoms with Crippen LogP contribution in [0, 0.1) is 0 Å². The van der Waals surface area contributed by atoms with Crippen LogP contribution in [0.1, 0.15) is 30.9 Å². The molecular weight excluding hydrogens is 192 g/mol. The molecule has 1 aromatic carbocycles. The number of benzene rings is 1. The molecule has 0 aromatic heterocycles. The van der Waals surface area contributed by atoms with Crippen LogP contribution in [-0.2, 0) is 15.4 Å². The standard InChI is InChI=1S/C12H18O3/c1-9(2)10-5-7-11(8-6-10)12(13,14-3)15-4/h5-9,13H,1-4H3. The van der Waals surface area contributed by atoms with E-state index in [4.69, 9.17) is 9.47 Å². The third-order valence-electron chi connectivity index (χ3n) is 2.50. The molecule has 0 saturated heterocycles. The highest BCUT2D eigenvalue weighted by molar-refractivity contribution is 5.26. The summed E-state index contributed by atoms with van der Waals surface area (Å²) in [6, 6.07) is 7.54. The minimum absolute atomic E-state index is 0.470. The van der Waals surface area contributed by atoms with E-state index in [0.29, 0.717) is 11.5 Å². The van der Waals surface area contributed by atoms with Gasteiger partial charge in [0.15, 0.2) is 0 Å². The molecule has 0 fully saturated rings. The normalized spacial score (nSPS) is 12.1. The minimum Gasteiger partial charge on any atom is -0.339 e. The zero-order chi connectivity index (χ0) is 11.5. The molecule has 0 amide bonds. The molecule has 3 nitrogen and oxygen atoms in total. The molecule has 0 aliphatic rings. The van der Waals surface area contributed by atoms with Gasteiger partial charge in [0.25, 0.3) is 0 Å². The highest BCUT2D eigenvalue weighted by atomic mass is 16.8. The van der Waals surface area contributed by atoms with Crippen molar-refractivity contribution in [3.8, 4) is 0 Å². The summed E-state index contributed by atoms with van der Waals surface area (Å²) in [5.41, 5.74) is 1.81. The second-order valence-electron chi connectivity index (χ2n) is 3.77. The average molecular weight is 210 g/mol. The SMILES string of the molecule is COC(O)(OC)c1ccc(C(C)C)cc1. The van der Waals surface area contributed by atoms with Crippen LogP contribution in [0.3, 0.4) is 0 Å². The second kappa shape index (κ2) is 4.75. The Kier molecular flexibility index (Phi) is 3.85. The molecule has 0 aliphatic heterocycles. The Hall–Kier alpha value is -0.900. The van der Waals surface area contributed by atoms with E-state index in [1.54, 1.807) is 0 Å². The minimum atomic E-state index is -1.64. The third kappa shape index (κ3) is 2.56. The summed E-state index contributed by atoms with van der Waals surface area (Å²) >= 11 is 0. The van der Waals surface area contributed by atoms with Crippen LogP contribution >= 0.6 is 0 Å². The summed E-state index contributed by atoms with van der Waals surface area (Å²) < 4.78 is 9.81. The van der Waals surface area contributed by atoms with Gasteiger partial charge < -0.3 is 14.6 Å². The maximum absolute atomic E-state index is 9.89. The van der Waals surface area contributed by atoms with Crippen LogP contribution in [0.15, 0.2) is 24.3 Å². The molecular formula is C12H18O3. The van der Waals surface area contributed by atoms with Gasteiger partial charge in [0.1, 0.15) is 0 Å². The molecule has 15 heavy (non-hydrogen) atoms. The van der Waals surface area contributed by atoms with E-state index in [1.165, 1.54) is 19.8 Å². The lowest BCUT2D eigenvalue weighted by atomic mass is 10.0. The van der Waals surface area contributed by atoms with Crippen molar-refractivity contribution in [1.82, 2.24) is 0 Å². The first-order valence-corrected chi connectivity index (χ1v) is 4.96. The fourth-order valence-corrected chi connectivity index (χ4v) is 1.40. The maximum Gasteiger partial charge on any atom is 0.308 e. The predicted molar refractivity (Wildman–Crippen MR) is 58.4 cm³/mol. The quantitative estimate of drug-likeness (QED) is 0.774. The van der Waals surface area contributed by atoms with E-state index >= 15 is 0 Å². The van der Waals surface area contributed by atoms with Crippen molar-refractivity contribution in [3.05, 3.63) is 35.4 Å². The van der Waals surface area contributed by atoms with Gasteiger partial charge in [0, 0.05) is 19.8 Å². The van der Waals surface area contributed by atoms with Gasteiger partial charge in [0.05, 0.1) is 0 Å². The summed E-state index contributed by atoms with van der Waals surface area (Å²) in [4.78, 5) is 0. The van der Waals surface area contributed by atoms with Crippen LogP contribution < -0.4 is 0 Å². The van der Waals surface area contributed by atoms with Crippen molar-refractivity contribution in [2.75, 3.05) is 14.2 Å². The van der Waals surface area contributed by atoms with Gasteiger partial charge in [-0.2, -0.15) is 0 Å². The molecule has 0 unspecified atom stereocenters. The van der Waals surface area contributed by atoms with Crippen molar-refractivity contribution in [2.45, 2.75) is 25.7 Å². The summed E-state index contributed by atoms with van der Waals surface area (Å²) in [5.74, 6) is -1.17. The Balaban J connectivity index is 2.97. The molecule has 1 rings (SSSR count). The van der Waals surface area contributed by atoms with Gasteiger partial charge in [-0.3, -0.25) is 0 Å². The number of hydrogen-bond donors (Lipinski definition) is 1. The van der Waals surface area contributed by atoms with Gasteiger partial charge in [-0.15, -0.1) is 0 Å². The molecule has 84 valence electrons. The number of ether oxygens (including phenoxy) is 2. The Morgan fingerprint density at radius 3 is 1.87 bits per heavy atom. The summed E-state index contributed by atoms with van der Waals surface area (Å²) in [5, 5.41) is 9.89. The van der Waals surface area contributed by atoms with Crippen LogP contribution in [0.5, 0.6) is 0 Å². The molecule has 0 aliphatic carbocycles. The van der Waals surface area contributed by atoms with Crippen molar-refractivity contribution >= 4 is 0 Å². The Morgan fingerprint density at radius 1 is 1.07 bits per heavy atom. The summed E-state index contributed by atoms with van der Waals surface area (Å²) in [7, 11) is 2.81. The highest BCUT2D eigenvalue weighted by Crippen LogP contribution is 2.24. The fraction of sp³-hybridized carbons (Fsp3) is 0.500. The van der Waals surface area contributed by atoms with Gasteiger partial charge in [0.2, 0.25) is 0 Å². The number of rotatable bonds is 4. The van der Waals surface area contributed by atoms with E-state index in [-0.39, 0.29) is 0 Å². The monoisotopic (exact) mass is 210 g/mol. The first-order valence-electron chi connectivity index (χ1n) is 4.96. The van der Waals surface area contributed by atoms with Gasteiger partial charge in [-0.1, -0.05) is 38.1 Å². The van der Waals surface area contributed by atoms with Crippen LogP contribution in [-0.4, -0.2) is 19.3 Å². The Labute approximate surface area is 90.6 Å². The maximum atomic E-state index is 9.89. The van der Waals surface area contributed by atoms with Crippen LogP contribution in [0.25, 0.3) is 0 Å². The van der Waals surface area contributed by atoms with Gasteiger partial charge in [-0.05, 0) is 11.5 Å². The lowest BCUT2D eigenvalue weighted by Crippen LogP contribution is -2.30. The smallest absolute Gasteiger partial charge is 0.308 e. The molecule has 0 radical (unpaired) electrons. The number of aliphatic hydroxyl groups is 1. The van der Waals surface area contributed by atoms with E-state index in [1.807, 2.05) is 24.3 Å². The third-order valence-corrected chi connectivity index (χ3v) is 2.50. The lowest BCUT2D eigenvalue weighted by Gasteiger charge is -2.24. The topological polar surface area (TPSA) is 38.7 Å². The van der Waals surface area contributed by atoms with E-state index in [2.05, 4.69) is 13.8 Å². The van der Waals surface area contributed by atoms with Crippen molar-refractivity contribution < 1.29 is 14.6 Å². The highest BCUT2D eigenvalue weighted by Gasteiger charge is 2.28. The Bertz CT molecular complexity index is 299. The summed E-state index contributed by atoms with van der Waals surface area (Å²) in [6.45, 7) is 4.24. The molecule has 1 N–H and O–H groups in total. The molecule has 0 heterocycles. The predicted octanol–water partition coefficient (Wildman–Crippen LogP) is 2.21. The molecule has 3 heteroatoms. The zero-order valence-electron chi connectivity index (χ0n) is 9.65. The van der Waals surface area contributed by atoms with Crippen molar-refractivity contribution in [3.63, 3.8) is 0 Å². The molecule has 0 atom stereocenters. The first-order chi connectivity index (χ1) is 7.03. The van der Waals surface area contributed by atoms with Crippen LogP contribution in [0.4, 0.5) is 0 Å². The first kappa shape index (κ1) is 12.2.